The Kier molecular flexibility index (Phi) is 5.36. The Bertz CT molecular complexity index is 485. The summed E-state index contributed by atoms with van der Waals surface area (Å²) in [4.78, 5) is 9.59. The minimum atomic E-state index is 0.395. The van der Waals surface area contributed by atoms with Gasteiger partial charge in [0.15, 0.2) is 5.16 Å². The SMILES string of the molecule is CCCNC(C)c1ccc(Sc2ncccn2)cc1. The Morgan fingerprint density at radius 1 is 1.16 bits per heavy atom. The standard InChI is InChI=1S/C15H19N3S/c1-3-9-16-12(2)13-5-7-14(8-6-13)19-15-17-10-4-11-18-15/h4-8,10-12,16H,3,9H2,1-2H3. The van der Waals surface area contributed by atoms with Gasteiger partial charge >= 0.3 is 0 Å². The fourth-order valence-electron chi connectivity index (χ4n) is 1.75. The topological polar surface area (TPSA) is 37.8 Å². The number of benzene rings is 1. The molecule has 100 valence electrons. The Labute approximate surface area is 118 Å². The van der Waals surface area contributed by atoms with Gasteiger partial charge in [-0.15, -0.1) is 0 Å². The van der Waals surface area contributed by atoms with E-state index in [4.69, 9.17) is 0 Å². The minimum Gasteiger partial charge on any atom is -0.310 e. The van der Waals surface area contributed by atoms with Gasteiger partial charge in [0.25, 0.3) is 0 Å². The molecule has 2 aromatic rings. The lowest BCUT2D eigenvalue weighted by Gasteiger charge is -2.13. The molecule has 0 fully saturated rings. The maximum atomic E-state index is 4.21. The lowest BCUT2D eigenvalue weighted by atomic mass is 10.1. The van der Waals surface area contributed by atoms with Crippen LogP contribution in [0.15, 0.2) is 52.8 Å². The van der Waals surface area contributed by atoms with Crippen molar-refractivity contribution in [3.8, 4) is 0 Å². The van der Waals surface area contributed by atoms with Gasteiger partial charge in [-0.05, 0) is 55.4 Å². The highest BCUT2D eigenvalue weighted by molar-refractivity contribution is 7.99. The summed E-state index contributed by atoms with van der Waals surface area (Å²) >= 11 is 1.58. The first-order valence-corrected chi connectivity index (χ1v) is 7.39. The van der Waals surface area contributed by atoms with Gasteiger partial charge in [-0.25, -0.2) is 9.97 Å². The van der Waals surface area contributed by atoms with Crippen molar-refractivity contribution in [2.45, 2.75) is 36.4 Å². The van der Waals surface area contributed by atoms with Gasteiger partial charge in [-0.1, -0.05) is 19.1 Å². The zero-order valence-electron chi connectivity index (χ0n) is 11.3. The molecule has 0 aliphatic rings. The second-order valence-corrected chi connectivity index (χ2v) is 5.42. The van der Waals surface area contributed by atoms with Gasteiger partial charge in [0.2, 0.25) is 0 Å². The van der Waals surface area contributed by atoms with Crippen LogP contribution in [0.2, 0.25) is 0 Å². The van der Waals surface area contributed by atoms with Crippen molar-refractivity contribution in [3.05, 3.63) is 48.3 Å². The van der Waals surface area contributed by atoms with Crippen molar-refractivity contribution >= 4 is 11.8 Å². The predicted molar refractivity (Wildman–Crippen MR) is 79.3 cm³/mol. The van der Waals surface area contributed by atoms with E-state index in [-0.39, 0.29) is 0 Å². The third-order valence-corrected chi connectivity index (χ3v) is 3.73. The fraction of sp³-hybridized carbons (Fsp3) is 0.333. The first-order chi connectivity index (χ1) is 9.29. The molecule has 0 spiro atoms. The average Bonchev–Trinajstić information content (AvgIpc) is 2.46. The summed E-state index contributed by atoms with van der Waals surface area (Å²) in [5, 5.41) is 4.27. The van der Waals surface area contributed by atoms with Gasteiger partial charge < -0.3 is 5.32 Å². The highest BCUT2D eigenvalue weighted by atomic mass is 32.2. The van der Waals surface area contributed by atoms with E-state index in [1.54, 1.807) is 24.2 Å². The smallest absolute Gasteiger partial charge is 0.192 e. The maximum Gasteiger partial charge on any atom is 0.192 e. The van der Waals surface area contributed by atoms with Crippen LogP contribution < -0.4 is 5.32 Å². The molecule has 4 heteroatoms. The van der Waals surface area contributed by atoms with E-state index >= 15 is 0 Å². The van der Waals surface area contributed by atoms with Gasteiger partial charge in [0, 0.05) is 23.3 Å². The molecule has 0 bridgehead atoms. The number of hydrogen-bond donors (Lipinski definition) is 1. The predicted octanol–water partition coefficient (Wildman–Crippen LogP) is 3.69. The number of aromatic nitrogens is 2. The van der Waals surface area contributed by atoms with Crippen LogP contribution in [-0.4, -0.2) is 16.5 Å². The lowest BCUT2D eigenvalue weighted by molar-refractivity contribution is 0.570. The zero-order chi connectivity index (χ0) is 13.5. The Hall–Kier alpha value is -1.39. The van der Waals surface area contributed by atoms with Crippen molar-refractivity contribution in [1.29, 1.82) is 0 Å². The van der Waals surface area contributed by atoms with Crippen LogP contribution in [0.3, 0.4) is 0 Å². The zero-order valence-corrected chi connectivity index (χ0v) is 12.2. The van der Waals surface area contributed by atoms with Gasteiger partial charge in [-0.2, -0.15) is 0 Å². The highest BCUT2D eigenvalue weighted by Gasteiger charge is 2.05. The second-order valence-electron chi connectivity index (χ2n) is 4.38. The molecule has 1 aromatic heterocycles. The molecule has 0 saturated carbocycles. The van der Waals surface area contributed by atoms with E-state index in [0.29, 0.717) is 6.04 Å². The fourth-order valence-corrected chi connectivity index (χ4v) is 2.46. The summed E-state index contributed by atoms with van der Waals surface area (Å²) in [5.41, 5.74) is 1.31. The molecular weight excluding hydrogens is 254 g/mol. The van der Waals surface area contributed by atoms with E-state index in [9.17, 15) is 0 Å². The third-order valence-electron chi connectivity index (χ3n) is 2.83. The maximum absolute atomic E-state index is 4.21. The first kappa shape index (κ1) is 14.0. The molecular formula is C15H19N3S. The number of hydrogen-bond acceptors (Lipinski definition) is 4. The molecule has 1 N–H and O–H groups in total. The largest absolute Gasteiger partial charge is 0.310 e. The first-order valence-electron chi connectivity index (χ1n) is 6.58. The van der Waals surface area contributed by atoms with Crippen LogP contribution >= 0.6 is 11.8 Å². The minimum absolute atomic E-state index is 0.395. The van der Waals surface area contributed by atoms with Crippen LogP contribution in [0, 0.1) is 0 Å². The van der Waals surface area contributed by atoms with E-state index in [1.807, 2.05) is 6.07 Å². The Morgan fingerprint density at radius 3 is 2.47 bits per heavy atom. The summed E-state index contributed by atoms with van der Waals surface area (Å²) in [6.07, 6.45) is 4.69. The van der Waals surface area contributed by atoms with Crippen LogP contribution in [0.5, 0.6) is 0 Å². The normalized spacial score (nSPS) is 12.3. The van der Waals surface area contributed by atoms with Crippen molar-refractivity contribution < 1.29 is 0 Å². The molecule has 0 radical (unpaired) electrons. The molecule has 1 atom stereocenters. The molecule has 0 saturated heterocycles. The van der Waals surface area contributed by atoms with E-state index in [2.05, 4.69) is 53.4 Å². The summed E-state index contributed by atoms with van der Waals surface area (Å²) < 4.78 is 0. The number of nitrogens with one attached hydrogen (secondary N) is 1. The Balaban J connectivity index is 1.98. The average molecular weight is 273 g/mol. The molecule has 0 amide bonds. The van der Waals surface area contributed by atoms with Crippen molar-refractivity contribution in [2.75, 3.05) is 6.54 Å². The summed E-state index contributed by atoms with van der Waals surface area (Å²) in [6.45, 7) is 5.42. The van der Waals surface area contributed by atoms with Crippen molar-refractivity contribution in [2.24, 2.45) is 0 Å². The summed E-state index contributed by atoms with van der Waals surface area (Å²) in [5.74, 6) is 0. The van der Waals surface area contributed by atoms with Crippen molar-refractivity contribution in [1.82, 2.24) is 15.3 Å². The molecule has 0 aliphatic carbocycles. The third kappa shape index (κ3) is 4.33. The molecule has 1 heterocycles. The van der Waals surface area contributed by atoms with Crippen LogP contribution in [0.25, 0.3) is 0 Å². The molecule has 0 aliphatic heterocycles. The van der Waals surface area contributed by atoms with Gasteiger partial charge in [0.05, 0.1) is 0 Å². The Morgan fingerprint density at radius 2 is 1.84 bits per heavy atom. The highest BCUT2D eigenvalue weighted by Crippen LogP contribution is 2.25. The number of nitrogens with zero attached hydrogens (tertiary/aromatic N) is 2. The van der Waals surface area contributed by atoms with Crippen LogP contribution in [0.1, 0.15) is 31.9 Å². The lowest BCUT2D eigenvalue weighted by Crippen LogP contribution is -2.19. The molecule has 1 unspecified atom stereocenters. The van der Waals surface area contributed by atoms with Gasteiger partial charge in [-0.3, -0.25) is 0 Å². The van der Waals surface area contributed by atoms with Crippen LogP contribution in [-0.2, 0) is 0 Å². The van der Waals surface area contributed by atoms with E-state index in [1.165, 1.54) is 5.56 Å². The molecule has 2 rings (SSSR count). The van der Waals surface area contributed by atoms with Crippen LogP contribution in [0.4, 0.5) is 0 Å². The summed E-state index contributed by atoms with van der Waals surface area (Å²) in [6, 6.07) is 10.8. The molecule has 3 nitrogen and oxygen atoms in total. The van der Waals surface area contributed by atoms with E-state index in [0.717, 1.165) is 23.0 Å². The second kappa shape index (κ2) is 7.26. The van der Waals surface area contributed by atoms with E-state index < -0.39 is 0 Å². The molecule has 19 heavy (non-hydrogen) atoms. The monoisotopic (exact) mass is 273 g/mol. The quantitative estimate of drug-likeness (QED) is 0.815. The summed E-state index contributed by atoms with van der Waals surface area (Å²) in [7, 11) is 0. The molecule has 1 aromatic carbocycles. The number of rotatable bonds is 6. The van der Waals surface area contributed by atoms with Gasteiger partial charge in [0.1, 0.15) is 0 Å². The van der Waals surface area contributed by atoms with Crippen molar-refractivity contribution in [3.63, 3.8) is 0 Å².